The summed E-state index contributed by atoms with van der Waals surface area (Å²) in [4.78, 5) is 123. The van der Waals surface area contributed by atoms with E-state index >= 15 is 0 Å². The van der Waals surface area contributed by atoms with Gasteiger partial charge in [0.25, 0.3) is 0 Å². The van der Waals surface area contributed by atoms with Gasteiger partial charge in [-0.3, -0.25) is 52.7 Å². The highest BCUT2D eigenvalue weighted by Gasteiger charge is 2.53. The third kappa shape index (κ3) is 35.8. The van der Waals surface area contributed by atoms with Crippen molar-refractivity contribution in [1.29, 1.82) is 0 Å². The van der Waals surface area contributed by atoms with E-state index in [2.05, 4.69) is 90.0 Å². The molecule has 9 fully saturated rings. The Balaban J connectivity index is 0.000000497. The van der Waals surface area contributed by atoms with E-state index in [4.69, 9.17) is 49.2 Å². The van der Waals surface area contributed by atoms with Crippen molar-refractivity contribution in [3.8, 4) is 0 Å². The Labute approximate surface area is 769 Å². The number of carbonyl (C=O) groups is 11. The quantitative estimate of drug-likeness (QED) is 0.0257. The van der Waals surface area contributed by atoms with E-state index in [0.717, 1.165) is 192 Å². The van der Waals surface area contributed by atoms with Crippen LogP contribution in [0.15, 0.2) is 0 Å². The largest absolute Gasteiger partial charge is 0.481 e. The summed E-state index contributed by atoms with van der Waals surface area (Å²) in [5.74, 6) is -1.83. The van der Waals surface area contributed by atoms with Crippen molar-refractivity contribution >= 4 is 65.7 Å². The van der Waals surface area contributed by atoms with E-state index in [1.54, 1.807) is 14.0 Å². The van der Waals surface area contributed by atoms with Gasteiger partial charge in [0.2, 0.25) is 0 Å². The molecule has 0 spiro atoms. The number of aliphatic carboxylic acids is 9. The van der Waals surface area contributed by atoms with Crippen LogP contribution in [0.2, 0.25) is 0 Å². The van der Waals surface area contributed by atoms with Crippen molar-refractivity contribution in [2.75, 3.05) is 27.4 Å². The average Bonchev–Trinajstić information content (AvgIpc) is 1.64. The van der Waals surface area contributed by atoms with Gasteiger partial charge in [-0.25, -0.2) is 0 Å². The third-order valence-corrected chi connectivity index (χ3v) is 32.5. The van der Waals surface area contributed by atoms with Gasteiger partial charge in [0, 0.05) is 20.6 Å². The van der Waals surface area contributed by atoms with Crippen LogP contribution >= 0.6 is 0 Å². The van der Waals surface area contributed by atoms with Crippen molar-refractivity contribution in [3.63, 3.8) is 0 Å². The summed E-state index contributed by atoms with van der Waals surface area (Å²) in [5.41, 5.74) is -1.50. The first-order chi connectivity index (χ1) is 60.4. The lowest BCUT2D eigenvalue weighted by molar-refractivity contribution is -0.204. The number of methoxy groups -OCH3 is 2. The van der Waals surface area contributed by atoms with Gasteiger partial charge in [-0.2, -0.15) is 0 Å². The molecule has 26 heteroatoms. The number of hydrogen-bond acceptors (Lipinski definition) is 17. The second-order valence-corrected chi connectivity index (χ2v) is 40.1. The van der Waals surface area contributed by atoms with Crippen molar-refractivity contribution in [3.05, 3.63) is 0 Å². The van der Waals surface area contributed by atoms with E-state index in [1.807, 2.05) is 34.6 Å². The second-order valence-electron chi connectivity index (χ2n) is 40.1. The van der Waals surface area contributed by atoms with Crippen LogP contribution in [-0.2, 0) is 76.4 Å². The maximum absolute atomic E-state index is 11.7. The molecule has 10 N–H and O–H groups in total. The number of hydrogen-bond donors (Lipinski definition) is 10. The zero-order chi connectivity index (χ0) is 97.4. The summed E-state index contributed by atoms with van der Waals surface area (Å²) >= 11 is 0. The highest BCUT2D eigenvalue weighted by Crippen LogP contribution is 2.53. The monoisotopic (exact) mass is 1820 g/mol. The minimum absolute atomic E-state index is 0.0218. The molecule has 8 aliphatic carbocycles. The Kier molecular flexibility index (Phi) is 55.0. The first-order valence-electron chi connectivity index (χ1n) is 50.1. The predicted octanol–water partition coefficient (Wildman–Crippen LogP) is 21.6. The number of esters is 2. The maximum Gasteiger partial charge on any atom is 0.309 e. The van der Waals surface area contributed by atoms with Gasteiger partial charge >= 0.3 is 65.7 Å². The molecule has 1 saturated heterocycles. The van der Waals surface area contributed by atoms with Crippen LogP contribution in [0, 0.1) is 165 Å². The topological polar surface area (TPSA) is 436 Å². The van der Waals surface area contributed by atoms with Crippen molar-refractivity contribution in [2.45, 2.75) is 387 Å². The lowest BCUT2D eigenvalue weighted by atomic mass is 9.78. The average molecular weight is 1820 g/mol. The molecular formula is C102H180O26. The summed E-state index contributed by atoms with van der Waals surface area (Å²) < 4.78 is 26.9. The minimum atomic E-state index is -1.05. The molecule has 32 atom stereocenters. The molecule has 0 radical (unpaired) electrons. The van der Waals surface area contributed by atoms with Crippen molar-refractivity contribution in [1.82, 2.24) is 0 Å². The fraction of sp³-hybridized carbons (Fsp3) is 0.892. The molecular weight excluding hydrogens is 1640 g/mol. The van der Waals surface area contributed by atoms with E-state index in [9.17, 15) is 78.3 Å². The van der Waals surface area contributed by atoms with Gasteiger partial charge in [-0.15, -0.1) is 0 Å². The second kappa shape index (κ2) is 59.6. The van der Waals surface area contributed by atoms with E-state index in [-0.39, 0.29) is 90.9 Å². The van der Waals surface area contributed by atoms with Crippen LogP contribution in [0.25, 0.3) is 0 Å². The van der Waals surface area contributed by atoms with E-state index < -0.39 is 94.5 Å². The molecule has 9 rings (SSSR count). The van der Waals surface area contributed by atoms with Gasteiger partial charge in [0.1, 0.15) is 6.10 Å². The molecule has 26 nitrogen and oxygen atoms in total. The SMILES string of the molecule is CCC1CC(CC)C(C(=O)O)C1C.CCC1CC(CC)C(C(=O)O)C1C(=O)O.CCC1CC(CC)C(C(=O)O)C1COC.CCC1CC(CC)C(C(=O)OC)C1C(=O)O.CCC1CC(CC)C(C(CC(=O)O)OC(C)=O)C1.CCC1CC(CC)C(C(CC(=O)O)OC2CCCCO2)C1.CCC1CC(CC)C(C)(C(=O)O)C1.CCC1CC(CC)C(CC(C)(O)CC(=O)O)C1. The summed E-state index contributed by atoms with van der Waals surface area (Å²) in [6, 6.07) is 0. The summed E-state index contributed by atoms with van der Waals surface area (Å²) in [5, 5.41) is 92.1. The molecule has 9 aliphatic rings. The fourth-order valence-electron chi connectivity index (χ4n) is 25.0. The molecule has 0 aromatic heterocycles. The molecule has 1 heterocycles. The van der Waals surface area contributed by atoms with Gasteiger partial charge in [0.15, 0.2) is 6.29 Å². The lowest BCUT2D eigenvalue weighted by Crippen LogP contribution is -2.35. The summed E-state index contributed by atoms with van der Waals surface area (Å²) in [6.45, 7) is 42.1. The zero-order valence-corrected chi connectivity index (χ0v) is 83.0. The Bertz CT molecular complexity index is 3240. The summed E-state index contributed by atoms with van der Waals surface area (Å²) in [7, 11) is 2.98. The predicted molar refractivity (Wildman–Crippen MR) is 494 cm³/mol. The first kappa shape index (κ1) is 118. The van der Waals surface area contributed by atoms with Crippen LogP contribution in [0.1, 0.15) is 363 Å². The first-order valence-corrected chi connectivity index (χ1v) is 50.1. The van der Waals surface area contributed by atoms with Gasteiger partial charge in [-0.1, -0.05) is 220 Å². The Hall–Kier alpha value is -5.99. The van der Waals surface area contributed by atoms with Crippen molar-refractivity contribution in [2.24, 2.45) is 165 Å². The van der Waals surface area contributed by atoms with Crippen LogP contribution in [0.3, 0.4) is 0 Å². The Morgan fingerprint density at radius 3 is 1.13 bits per heavy atom. The standard InChI is InChI=1S/C17H30O4.C14H24O4.C14H26O3.C12H20O4.C12H22O3.C11H18O4.2C11H20O2/c1-3-12-9-13(4-2)14(10-12)15(11-16(18)19)21-17-7-5-6-8-20-17;1-4-10-6-11(5-2)12(7-10)13(8-14(16)17)18-9(3)15;1-4-10-6-11(5-2)12(7-10)8-14(3,17)9-13(15)16;1-4-7-6-8(5-2)10(12(15)16-3)9(7)11(13)14;1-4-8-6-9(5-2)11(12(13)14)10(8)7-15-3;1-3-6-5-7(4-2)9(11(14)15)8(6)10(12)13;1-4-8-6-9(5-2)11(3,7-8)10(12)13;1-4-8-6-9(5-2)10(7(8)3)11(12)13/h12-15,17H,3-11H2,1-2H3,(H,18,19);10-13H,4-8H2,1-3H3,(H,16,17);10-12,17H,4-9H2,1-3H3,(H,15,16);7-10H,4-6H2,1-3H3,(H,13,14);8-11H,4-7H2,1-3H3,(H,13,14);6-9H,3-5H2,1-2H3,(H,12,13)(H,14,15);8-9H,4-7H2,1-3H3,(H,12,13);7-10H,4-6H2,1-3H3,(H,12,13). The minimum Gasteiger partial charge on any atom is -0.481 e. The molecule has 744 valence electrons. The molecule has 0 aromatic rings. The maximum atomic E-state index is 11.7. The normalized spacial score (nSPS) is 34.6. The zero-order valence-electron chi connectivity index (χ0n) is 83.0. The fourth-order valence-corrected chi connectivity index (χ4v) is 25.0. The van der Waals surface area contributed by atoms with Crippen LogP contribution in [0.4, 0.5) is 0 Å². The Morgan fingerprint density at radius 2 is 0.781 bits per heavy atom. The number of carbonyl (C=O) groups excluding carboxylic acids is 2. The lowest BCUT2D eigenvalue weighted by Gasteiger charge is -2.32. The molecule has 128 heavy (non-hydrogen) atoms. The number of ether oxygens (including phenoxy) is 5. The molecule has 0 amide bonds. The van der Waals surface area contributed by atoms with E-state index in [1.165, 1.54) is 39.7 Å². The number of rotatable bonds is 38. The van der Waals surface area contributed by atoms with Crippen LogP contribution in [-0.4, -0.2) is 168 Å². The molecule has 8 saturated carbocycles. The van der Waals surface area contributed by atoms with Crippen molar-refractivity contribution < 1.29 is 127 Å². The highest BCUT2D eigenvalue weighted by atomic mass is 16.7. The van der Waals surface area contributed by atoms with E-state index in [0.29, 0.717) is 90.0 Å². The molecule has 0 aromatic carbocycles. The molecule has 32 unspecified atom stereocenters. The van der Waals surface area contributed by atoms with Gasteiger partial charge < -0.3 is 74.7 Å². The molecule has 1 aliphatic heterocycles. The number of aliphatic hydroxyl groups is 1. The number of carboxylic acid groups (broad SMARTS) is 9. The molecule has 0 bridgehead atoms. The third-order valence-electron chi connectivity index (χ3n) is 32.5. The van der Waals surface area contributed by atoms with Crippen LogP contribution < -0.4 is 0 Å². The Morgan fingerprint density at radius 1 is 0.406 bits per heavy atom. The highest BCUT2D eigenvalue weighted by molar-refractivity contribution is 5.83. The number of carboxylic acids is 9. The van der Waals surface area contributed by atoms with Gasteiger partial charge in [0.05, 0.1) is 85.6 Å². The van der Waals surface area contributed by atoms with Crippen LogP contribution in [0.5, 0.6) is 0 Å². The summed E-state index contributed by atoms with van der Waals surface area (Å²) in [6.07, 6.45) is 31.6. The smallest absolute Gasteiger partial charge is 0.309 e. The van der Waals surface area contributed by atoms with Gasteiger partial charge in [-0.05, 0) is 241 Å².